The van der Waals surface area contributed by atoms with Gasteiger partial charge in [0.15, 0.2) is 0 Å². The van der Waals surface area contributed by atoms with Crippen LogP contribution in [0.5, 0.6) is 5.75 Å². The second-order valence-electron chi connectivity index (χ2n) is 7.53. The monoisotopic (exact) mass is 360 g/mol. The molecule has 6 heteroatoms. The number of fused-ring (bicyclic) bond motifs is 1. The molecule has 1 saturated heterocycles. The van der Waals surface area contributed by atoms with Gasteiger partial charge >= 0.3 is 0 Å². The molecule has 1 aromatic carbocycles. The van der Waals surface area contributed by atoms with Crippen molar-refractivity contribution in [1.82, 2.24) is 9.80 Å². The van der Waals surface area contributed by atoms with Crippen LogP contribution in [0.3, 0.4) is 0 Å². The predicted molar refractivity (Wildman–Crippen MR) is 98.2 cm³/mol. The molecule has 0 aromatic heterocycles. The van der Waals surface area contributed by atoms with Crippen molar-refractivity contribution >= 4 is 11.8 Å². The second kappa shape index (κ2) is 7.66. The smallest absolute Gasteiger partial charge is 0.248 e. The van der Waals surface area contributed by atoms with Gasteiger partial charge in [0.05, 0.1) is 0 Å². The van der Waals surface area contributed by atoms with Gasteiger partial charge in [-0.3, -0.25) is 9.59 Å². The summed E-state index contributed by atoms with van der Waals surface area (Å²) >= 11 is 0. The second-order valence-corrected chi connectivity index (χ2v) is 7.53. The molecule has 1 atom stereocenters. The van der Waals surface area contributed by atoms with Crippen LogP contribution in [0.4, 0.5) is 0 Å². The number of likely N-dealkylation sites (tertiary alicyclic amines) is 1. The predicted octanol–water partition coefficient (Wildman–Crippen LogP) is 2.04. The van der Waals surface area contributed by atoms with E-state index in [1.54, 1.807) is 19.0 Å². The Morgan fingerprint density at radius 3 is 2.62 bits per heavy atom. The topological polar surface area (TPSA) is 59.1 Å². The molecule has 0 unspecified atom stereocenters. The molecule has 2 aliphatic rings. The van der Waals surface area contributed by atoms with Gasteiger partial charge < -0.3 is 19.3 Å². The molecule has 2 aliphatic heterocycles. The number of para-hydroxylation sites is 1. The number of ether oxygens (including phenoxy) is 2. The Hall–Kier alpha value is -2.08. The standard InChI is InChI=1S/C20H28N2O4/c1-21(2)18(23)12-15-13-20(26-17-7-5-4-6-16(15)17)8-10-22(11-9-20)19(24)14-25-3/h4-7,15H,8-14H2,1-3H3/t15-/m1/s1. The average Bonchev–Trinajstić information content (AvgIpc) is 2.62. The lowest BCUT2D eigenvalue weighted by molar-refractivity contribution is -0.139. The summed E-state index contributed by atoms with van der Waals surface area (Å²) in [6.07, 6.45) is 2.87. The molecule has 1 aromatic rings. The number of benzene rings is 1. The van der Waals surface area contributed by atoms with Crippen LogP contribution in [0.25, 0.3) is 0 Å². The van der Waals surface area contributed by atoms with E-state index >= 15 is 0 Å². The third kappa shape index (κ3) is 3.85. The molecule has 1 spiro atoms. The summed E-state index contributed by atoms with van der Waals surface area (Å²) in [5.41, 5.74) is 0.821. The molecular weight excluding hydrogens is 332 g/mol. The molecule has 26 heavy (non-hydrogen) atoms. The number of piperidine rings is 1. The minimum Gasteiger partial charge on any atom is -0.487 e. The minimum atomic E-state index is -0.296. The van der Waals surface area contributed by atoms with E-state index in [4.69, 9.17) is 9.47 Å². The Morgan fingerprint density at radius 2 is 1.96 bits per heavy atom. The summed E-state index contributed by atoms with van der Waals surface area (Å²) in [6, 6.07) is 8.03. The van der Waals surface area contributed by atoms with Gasteiger partial charge in [0.1, 0.15) is 18.0 Å². The molecule has 0 saturated carbocycles. The average molecular weight is 360 g/mol. The van der Waals surface area contributed by atoms with Gasteiger partial charge in [-0.1, -0.05) is 18.2 Å². The van der Waals surface area contributed by atoms with Crippen LogP contribution < -0.4 is 4.74 Å². The SMILES string of the molecule is COCC(=O)N1CCC2(CC1)C[C@@H](CC(=O)N(C)C)c1ccccc1O2. The van der Waals surface area contributed by atoms with Gasteiger partial charge in [-0.2, -0.15) is 0 Å². The van der Waals surface area contributed by atoms with Gasteiger partial charge in [0, 0.05) is 59.5 Å². The fourth-order valence-corrected chi connectivity index (χ4v) is 4.00. The zero-order valence-electron chi connectivity index (χ0n) is 15.9. The maximum Gasteiger partial charge on any atom is 0.248 e. The Bertz CT molecular complexity index is 666. The van der Waals surface area contributed by atoms with Crippen LogP contribution >= 0.6 is 0 Å². The number of nitrogens with zero attached hydrogens (tertiary/aromatic N) is 2. The first-order chi connectivity index (χ1) is 12.4. The highest BCUT2D eigenvalue weighted by Gasteiger charge is 2.44. The molecular formula is C20H28N2O4. The Kier molecular flexibility index (Phi) is 5.51. The number of methoxy groups -OCH3 is 1. The zero-order valence-corrected chi connectivity index (χ0v) is 15.9. The van der Waals surface area contributed by atoms with E-state index in [2.05, 4.69) is 6.07 Å². The highest BCUT2D eigenvalue weighted by atomic mass is 16.5. The summed E-state index contributed by atoms with van der Waals surface area (Å²) in [5, 5.41) is 0. The molecule has 6 nitrogen and oxygen atoms in total. The largest absolute Gasteiger partial charge is 0.487 e. The minimum absolute atomic E-state index is 0.0258. The molecule has 0 aliphatic carbocycles. The third-order valence-electron chi connectivity index (χ3n) is 5.52. The molecule has 2 amide bonds. The summed E-state index contributed by atoms with van der Waals surface area (Å²) in [7, 11) is 5.13. The van der Waals surface area contributed by atoms with Crippen LogP contribution in [-0.4, -0.2) is 68.1 Å². The van der Waals surface area contributed by atoms with Crippen LogP contribution in [0.1, 0.15) is 37.2 Å². The van der Waals surface area contributed by atoms with Crippen molar-refractivity contribution in [1.29, 1.82) is 0 Å². The van der Waals surface area contributed by atoms with E-state index in [1.807, 2.05) is 23.1 Å². The molecule has 142 valence electrons. The van der Waals surface area contributed by atoms with Gasteiger partial charge in [-0.25, -0.2) is 0 Å². The first kappa shape index (κ1) is 18.7. The van der Waals surface area contributed by atoms with E-state index in [0.29, 0.717) is 19.5 Å². The Morgan fingerprint density at radius 1 is 1.27 bits per heavy atom. The Balaban J connectivity index is 1.76. The van der Waals surface area contributed by atoms with E-state index in [0.717, 1.165) is 30.6 Å². The first-order valence-electron chi connectivity index (χ1n) is 9.19. The summed E-state index contributed by atoms with van der Waals surface area (Å²) in [4.78, 5) is 27.9. The molecule has 2 heterocycles. The number of hydrogen-bond donors (Lipinski definition) is 0. The van der Waals surface area contributed by atoms with Crippen molar-refractivity contribution in [3.63, 3.8) is 0 Å². The molecule has 1 fully saturated rings. The van der Waals surface area contributed by atoms with Gasteiger partial charge in [0.2, 0.25) is 11.8 Å². The van der Waals surface area contributed by atoms with Crippen LogP contribution in [0.2, 0.25) is 0 Å². The summed E-state index contributed by atoms with van der Waals surface area (Å²) in [6.45, 7) is 1.45. The van der Waals surface area contributed by atoms with Crippen LogP contribution in [0.15, 0.2) is 24.3 Å². The lowest BCUT2D eigenvalue weighted by Gasteiger charge is -2.47. The van der Waals surface area contributed by atoms with E-state index in [9.17, 15) is 9.59 Å². The van der Waals surface area contributed by atoms with Crippen molar-refractivity contribution in [2.75, 3.05) is 40.9 Å². The van der Waals surface area contributed by atoms with E-state index in [1.165, 1.54) is 7.11 Å². The fourth-order valence-electron chi connectivity index (χ4n) is 4.00. The van der Waals surface area contributed by atoms with Crippen molar-refractivity contribution in [2.24, 2.45) is 0 Å². The number of rotatable bonds is 4. The summed E-state index contributed by atoms with van der Waals surface area (Å²) < 4.78 is 11.4. The lowest BCUT2D eigenvalue weighted by Crippen LogP contribution is -2.52. The van der Waals surface area contributed by atoms with Crippen molar-refractivity contribution in [3.05, 3.63) is 29.8 Å². The first-order valence-corrected chi connectivity index (χ1v) is 9.19. The van der Waals surface area contributed by atoms with Gasteiger partial charge in [0.25, 0.3) is 0 Å². The van der Waals surface area contributed by atoms with Crippen molar-refractivity contribution in [2.45, 2.75) is 37.2 Å². The number of hydrogen-bond acceptors (Lipinski definition) is 4. The zero-order chi connectivity index (χ0) is 18.7. The number of carbonyl (C=O) groups is 2. The number of amides is 2. The Labute approximate surface area is 155 Å². The fraction of sp³-hybridized carbons (Fsp3) is 0.600. The lowest BCUT2D eigenvalue weighted by atomic mass is 9.76. The maximum absolute atomic E-state index is 12.3. The molecule has 0 N–H and O–H groups in total. The molecule has 3 rings (SSSR count). The van der Waals surface area contributed by atoms with Gasteiger partial charge in [-0.15, -0.1) is 0 Å². The third-order valence-corrected chi connectivity index (χ3v) is 5.52. The van der Waals surface area contributed by atoms with Crippen molar-refractivity contribution < 1.29 is 19.1 Å². The normalized spacial score (nSPS) is 21.0. The number of carbonyl (C=O) groups excluding carboxylic acids is 2. The summed E-state index contributed by atoms with van der Waals surface area (Å²) in [5.74, 6) is 1.19. The van der Waals surface area contributed by atoms with Crippen molar-refractivity contribution in [3.8, 4) is 5.75 Å². The maximum atomic E-state index is 12.3. The quantitative estimate of drug-likeness (QED) is 0.824. The van der Waals surface area contributed by atoms with Gasteiger partial charge in [-0.05, 0) is 18.1 Å². The molecule has 0 bridgehead atoms. The highest BCUT2D eigenvalue weighted by molar-refractivity contribution is 5.78. The van der Waals surface area contributed by atoms with Crippen LogP contribution in [-0.2, 0) is 14.3 Å². The molecule has 0 radical (unpaired) electrons. The van der Waals surface area contributed by atoms with Crippen LogP contribution in [0, 0.1) is 0 Å². The highest BCUT2D eigenvalue weighted by Crippen LogP contribution is 2.46. The van der Waals surface area contributed by atoms with E-state index in [-0.39, 0.29) is 29.9 Å². The van der Waals surface area contributed by atoms with E-state index < -0.39 is 0 Å².